The molecule has 0 unspecified atom stereocenters. The van der Waals surface area contributed by atoms with Crippen molar-refractivity contribution in [2.75, 3.05) is 7.05 Å². The number of hydrogen-bond donors (Lipinski definition) is 1. The van der Waals surface area contributed by atoms with Crippen LogP contribution in [0, 0.1) is 0 Å². The zero-order chi connectivity index (χ0) is 17.3. The largest absolute Gasteiger partial charge is 0.415 e. The molecular formula is C19H20N2O3. The van der Waals surface area contributed by atoms with Crippen LogP contribution in [0.5, 0.6) is 5.75 Å². The normalized spacial score (nSPS) is 18.3. The molecule has 0 saturated carbocycles. The number of rotatable bonds is 3. The van der Waals surface area contributed by atoms with E-state index in [9.17, 15) is 9.59 Å². The van der Waals surface area contributed by atoms with Gasteiger partial charge in [0, 0.05) is 7.05 Å². The van der Waals surface area contributed by atoms with Crippen molar-refractivity contribution in [2.45, 2.75) is 25.4 Å². The van der Waals surface area contributed by atoms with Gasteiger partial charge in [0.25, 0.3) is 0 Å². The third-order valence-corrected chi connectivity index (χ3v) is 4.22. The smallest absolute Gasteiger partial charge is 0.410 e. The molecule has 1 N–H and O–H groups in total. The Bertz CT molecular complexity index is 754. The third-order valence-electron chi connectivity index (χ3n) is 4.22. The van der Waals surface area contributed by atoms with E-state index in [-0.39, 0.29) is 5.91 Å². The van der Waals surface area contributed by atoms with Gasteiger partial charge in [-0.3, -0.25) is 9.69 Å². The van der Waals surface area contributed by atoms with E-state index >= 15 is 0 Å². The van der Waals surface area contributed by atoms with E-state index in [0.29, 0.717) is 5.75 Å². The van der Waals surface area contributed by atoms with Crippen molar-refractivity contribution in [2.24, 2.45) is 0 Å². The molecule has 1 heterocycles. The van der Waals surface area contributed by atoms with E-state index in [4.69, 9.17) is 4.74 Å². The minimum Gasteiger partial charge on any atom is -0.410 e. The maximum Gasteiger partial charge on any atom is 0.415 e. The highest BCUT2D eigenvalue weighted by Gasteiger charge is 2.50. The van der Waals surface area contributed by atoms with Gasteiger partial charge in [-0.15, -0.1) is 0 Å². The van der Waals surface area contributed by atoms with Crippen LogP contribution in [0.4, 0.5) is 4.79 Å². The van der Waals surface area contributed by atoms with Crippen LogP contribution in [0.2, 0.25) is 0 Å². The molecule has 2 aromatic rings. The molecule has 124 valence electrons. The third kappa shape index (κ3) is 2.97. The molecule has 1 aliphatic rings. The zero-order valence-electron chi connectivity index (χ0n) is 13.9. The van der Waals surface area contributed by atoms with Crippen molar-refractivity contribution >= 4 is 12.0 Å². The predicted octanol–water partition coefficient (Wildman–Crippen LogP) is 3.06. The van der Waals surface area contributed by atoms with Crippen LogP contribution in [0.15, 0.2) is 54.6 Å². The number of nitrogens with zero attached hydrogens (tertiary/aromatic N) is 1. The standard InChI is InChI=1S/C19H20N2O3/c1-19(2)16(17(22)20-19)21(3)18(23)24-15-11-9-14(10-12-15)13-7-5-4-6-8-13/h4-12,16H,1-3H3,(H,20,22)/t16-/m1/s1. The quantitative estimate of drug-likeness (QED) is 0.883. The fourth-order valence-corrected chi connectivity index (χ4v) is 2.99. The zero-order valence-corrected chi connectivity index (χ0v) is 13.9. The summed E-state index contributed by atoms with van der Waals surface area (Å²) in [5.41, 5.74) is 1.70. The number of amides is 2. The van der Waals surface area contributed by atoms with Gasteiger partial charge in [-0.25, -0.2) is 4.79 Å². The predicted molar refractivity (Wildman–Crippen MR) is 91.7 cm³/mol. The lowest BCUT2D eigenvalue weighted by atomic mass is 9.84. The average molecular weight is 324 g/mol. The SMILES string of the molecule is CN(C(=O)Oc1ccc(-c2ccccc2)cc1)[C@@H]1C(=O)NC1(C)C. The van der Waals surface area contributed by atoms with Gasteiger partial charge in [0.2, 0.25) is 5.91 Å². The van der Waals surface area contributed by atoms with Crippen molar-refractivity contribution in [3.8, 4) is 16.9 Å². The van der Waals surface area contributed by atoms with Crippen LogP contribution in [0.1, 0.15) is 13.8 Å². The molecule has 1 atom stereocenters. The Balaban J connectivity index is 1.68. The van der Waals surface area contributed by atoms with E-state index in [1.54, 1.807) is 19.2 Å². The first kappa shape index (κ1) is 16.1. The summed E-state index contributed by atoms with van der Waals surface area (Å²) in [6.45, 7) is 3.75. The summed E-state index contributed by atoms with van der Waals surface area (Å²) in [4.78, 5) is 25.3. The topological polar surface area (TPSA) is 58.6 Å². The Morgan fingerprint density at radius 1 is 1.04 bits per heavy atom. The molecule has 2 aromatic carbocycles. The molecule has 1 aliphatic heterocycles. The molecule has 5 heteroatoms. The van der Waals surface area contributed by atoms with Gasteiger partial charge in [0.1, 0.15) is 11.8 Å². The Hall–Kier alpha value is -2.82. The summed E-state index contributed by atoms with van der Waals surface area (Å²) in [7, 11) is 1.58. The first-order valence-corrected chi connectivity index (χ1v) is 7.80. The van der Waals surface area contributed by atoms with Crippen LogP contribution < -0.4 is 10.1 Å². The van der Waals surface area contributed by atoms with Gasteiger partial charge in [-0.2, -0.15) is 0 Å². The van der Waals surface area contributed by atoms with Gasteiger partial charge in [0.15, 0.2) is 0 Å². The first-order valence-electron chi connectivity index (χ1n) is 7.80. The van der Waals surface area contributed by atoms with Gasteiger partial charge in [-0.05, 0) is 37.1 Å². The fraction of sp³-hybridized carbons (Fsp3) is 0.263. The highest BCUT2D eigenvalue weighted by molar-refractivity contribution is 5.93. The number of β-lactam (4-membered cyclic amide) rings is 1. The van der Waals surface area contributed by atoms with Gasteiger partial charge in [-0.1, -0.05) is 42.5 Å². The summed E-state index contributed by atoms with van der Waals surface area (Å²) in [5.74, 6) is 0.281. The van der Waals surface area contributed by atoms with Crippen molar-refractivity contribution < 1.29 is 14.3 Å². The van der Waals surface area contributed by atoms with Crippen LogP contribution in [-0.4, -0.2) is 35.5 Å². The lowest BCUT2D eigenvalue weighted by Crippen LogP contribution is -2.75. The van der Waals surface area contributed by atoms with Crippen molar-refractivity contribution in [3.63, 3.8) is 0 Å². The van der Waals surface area contributed by atoms with Gasteiger partial charge >= 0.3 is 6.09 Å². The Morgan fingerprint density at radius 2 is 1.62 bits per heavy atom. The first-order chi connectivity index (χ1) is 11.4. The Labute approximate surface area is 141 Å². The summed E-state index contributed by atoms with van der Waals surface area (Å²) >= 11 is 0. The number of carbonyl (C=O) groups excluding carboxylic acids is 2. The monoisotopic (exact) mass is 324 g/mol. The number of likely N-dealkylation sites (N-methyl/N-ethyl adjacent to an activating group) is 1. The molecule has 1 fully saturated rings. The number of benzene rings is 2. The van der Waals surface area contributed by atoms with E-state index in [0.717, 1.165) is 11.1 Å². The second-order valence-electron chi connectivity index (χ2n) is 6.48. The van der Waals surface area contributed by atoms with E-state index in [1.807, 2.05) is 56.3 Å². The van der Waals surface area contributed by atoms with E-state index < -0.39 is 17.7 Å². The minimum atomic E-state index is -0.546. The number of hydrogen-bond acceptors (Lipinski definition) is 3. The minimum absolute atomic E-state index is 0.168. The summed E-state index contributed by atoms with van der Waals surface area (Å²) in [5, 5.41) is 2.77. The van der Waals surface area contributed by atoms with Crippen LogP contribution in [0.3, 0.4) is 0 Å². The average Bonchev–Trinajstić information content (AvgIpc) is 2.55. The number of ether oxygens (including phenoxy) is 1. The summed E-state index contributed by atoms with van der Waals surface area (Å²) in [6.07, 6.45) is -0.546. The molecule has 0 bridgehead atoms. The Morgan fingerprint density at radius 3 is 2.17 bits per heavy atom. The van der Waals surface area contributed by atoms with Crippen molar-refractivity contribution in [1.29, 1.82) is 0 Å². The van der Waals surface area contributed by atoms with Gasteiger partial charge < -0.3 is 10.1 Å². The molecule has 5 nitrogen and oxygen atoms in total. The molecule has 0 aliphatic carbocycles. The molecule has 0 spiro atoms. The van der Waals surface area contributed by atoms with Crippen LogP contribution in [-0.2, 0) is 4.79 Å². The molecule has 1 saturated heterocycles. The molecule has 24 heavy (non-hydrogen) atoms. The van der Waals surface area contributed by atoms with E-state index in [2.05, 4.69) is 5.32 Å². The lowest BCUT2D eigenvalue weighted by molar-refractivity contribution is -0.140. The van der Waals surface area contributed by atoms with Gasteiger partial charge in [0.05, 0.1) is 5.54 Å². The van der Waals surface area contributed by atoms with Crippen molar-refractivity contribution in [1.82, 2.24) is 10.2 Å². The Kier molecular flexibility index (Phi) is 4.01. The van der Waals surface area contributed by atoms with Crippen molar-refractivity contribution in [3.05, 3.63) is 54.6 Å². The maximum absolute atomic E-state index is 12.3. The second-order valence-corrected chi connectivity index (χ2v) is 6.48. The maximum atomic E-state index is 12.3. The molecule has 0 radical (unpaired) electrons. The van der Waals surface area contributed by atoms with Crippen LogP contribution in [0.25, 0.3) is 11.1 Å². The molecular weight excluding hydrogens is 304 g/mol. The highest BCUT2D eigenvalue weighted by atomic mass is 16.6. The highest BCUT2D eigenvalue weighted by Crippen LogP contribution is 2.26. The summed E-state index contributed by atoms with van der Waals surface area (Å²) < 4.78 is 5.37. The molecule has 3 rings (SSSR count). The molecule has 0 aromatic heterocycles. The van der Waals surface area contributed by atoms with Crippen LogP contribution >= 0.6 is 0 Å². The second kappa shape index (κ2) is 6.00. The number of nitrogens with one attached hydrogen (secondary N) is 1. The lowest BCUT2D eigenvalue weighted by Gasteiger charge is -2.47. The molecule has 2 amide bonds. The van der Waals surface area contributed by atoms with E-state index in [1.165, 1.54) is 4.90 Å². The summed E-state index contributed by atoms with van der Waals surface area (Å²) in [6, 6.07) is 16.7. The number of carbonyl (C=O) groups is 2. The fourth-order valence-electron chi connectivity index (χ4n) is 2.99.